The van der Waals surface area contributed by atoms with E-state index in [2.05, 4.69) is 50.1 Å². The van der Waals surface area contributed by atoms with Gasteiger partial charge in [-0.15, -0.1) is 0 Å². The maximum atomic E-state index is 12.2. The number of H-pyrrole nitrogens is 1. The summed E-state index contributed by atoms with van der Waals surface area (Å²) < 4.78 is 5.47. The quantitative estimate of drug-likeness (QED) is 0.844. The molecule has 0 unspecified atom stereocenters. The maximum absolute atomic E-state index is 12.2. The number of carbonyl (C=O) groups is 1. The van der Waals surface area contributed by atoms with E-state index in [1.165, 1.54) is 24.0 Å². The van der Waals surface area contributed by atoms with E-state index in [0.717, 1.165) is 17.3 Å². The summed E-state index contributed by atoms with van der Waals surface area (Å²) in [5, 5.41) is 4.13. The maximum Gasteiger partial charge on any atom is 0.414 e. The van der Waals surface area contributed by atoms with E-state index in [0.29, 0.717) is 17.7 Å². The summed E-state index contributed by atoms with van der Waals surface area (Å²) in [6.07, 6.45) is 3.08. The van der Waals surface area contributed by atoms with E-state index in [4.69, 9.17) is 4.74 Å². The molecule has 1 aliphatic carbocycles. The average Bonchev–Trinajstić information content (AvgIpc) is 2.86. The highest BCUT2D eigenvalue weighted by molar-refractivity contribution is 5.86. The van der Waals surface area contributed by atoms with Gasteiger partial charge in [-0.3, -0.25) is 0 Å². The van der Waals surface area contributed by atoms with E-state index in [-0.39, 0.29) is 12.1 Å². The largest absolute Gasteiger partial charge is 0.414 e. The third kappa shape index (κ3) is 3.36. The van der Waals surface area contributed by atoms with Crippen molar-refractivity contribution >= 4 is 17.0 Å². The molecule has 4 nitrogen and oxygen atoms in total. The van der Waals surface area contributed by atoms with Gasteiger partial charge in [0.15, 0.2) is 0 Å². The van der Waals surface area contributed by atoms with Crippen LogP contribution in [0.5, 0.6) is 5.88 Å². The van der Waals surface area contributed by atoms with E-state index in [1.807, 2.05) is 6.07 Å². The van der Waals surface area contributed by atoms with E-state index >= 15 is 0 Å². The van der Waals surface area contributed by atoms with Gasteiger partial charge >= 0.3 is 6.09 Å². The highest BCUT2D eigenvalue weighted by Gasteiger charge is 2.28. The van der Waals surface area contributed by atoms with Gasteiger partial charge in [-0.25, -0.2) is 4.79 Å². The van der Waals surface area contributed by atoms with Crippen molar-refractivity contribution in [1.82, 2.24) is 10.3 Å². The van der Waals surface area contributed by atoms with Gasteiger partial charge in [0.2, 0.25) is 5.88 Å². The van der Waals surface area contributed by atoms with Crippen LogP contribution in [0.2, 0.25) is 0 Å². The smallest absolute Gasteiger partial charge is 0.393 e. The molecular formula is C19H26N2O2. The minimum absolute atomic E-state index is 0.208. The molecule has 1 aromatic heterocycles. The van der Waals surface area contributed by atoms with Crippen LogP contribution in [0.1, 0.15) is 44.2 Å². The summed E-state index contributed by atoms with van der Waals surface area (Å²) in [7, 11) is 0. The van der Waals surface area contributed by atoms with Crippen LogP contribution in [0.4, 0.5) is 4.79 Å². The van der Waals surface area contributed by atoms with Crippen molar-refractivity contribution in [1.29, 1.82) is 0 Å². The molecule has 0 aliphatic heterocycles. The molecule has 0 bridgehead atoms. The van der Waals surface area contributed by atoms with Crippen molar-refractivity contribution in [2.24, 2.45) is 11.8 Å². The summed E-state index contributed by atoms with van der Waals surface area (Å²) in [5.41, 5.74) is 3.38. The van der Waals surface area contributed by atoms with Gasteiger partial charge < -0.3 is 15.0 Å². The predicted molar refractivity (Wildman–Crippen MR) is 92.9 cm³/mol. The molecule has 2 aromatic rings. The molecule has 23 heavy (non-hydrogen) atoms. The number of nitrogens with one attached hydrogen (secondary N) is 2. The molecular weight excluding hydrogens is 288 g/mol. The summed E-state index contributed by atoms with van der Waals surface area (Å²) in [6, 6.07) is 6.30. The van der Waals surface area contributed by atoms with Crippen LogP contribution >= 0.6 is 0 Å². The molecule has 2 N–H and O–H groups in total. The Kier molecular flexibility index (Phi) is 4.33. The molecule has 1 amide bonds. The Morgan fingerprint density at radius 1 is 1.22 bits per heavy atom. The SMILES string of the molecule is Cc1cc(C)c2cc(OC(=O)N[C@H]3CCC[C@H](C)[C@H]3C)[nH]c2c1. The zero-order valence-electron chi connectivity index (χ0n) is 14.4. The number of amides is 1. The number of aryl methyl sites for hydroxylation is 2. The van der Waals surface area contributed by atoms with Gasteiger partial charge in [0.1, 0.15) is 0 Å². The Morgan fingerprint density at radius 2 is 2.00 bits per heavy atom. The lowest BCUT2D eigenvalue weighted by Crippen LogP contribution is -2.44. The number of aromatic nitrogens is 1. The fraction of sp³-hybridized carbons (Fsp3) is 0.526. The van der Waals surface area contributed by atoms with Crippen molar-refractivity contribution in [2.45, 2.75) is 53.0 Å². The Labute approximate surface area is 137 Å². The minimum Gasteiger partial charge on any atom is -0.393 e. The van der Waals surface area contributed by atoms with Crippen LogP contribution in [0, 0.1) is 25.7 Å². The van der Waals surface area contributed by atoms with Gasteiger partial charge in [-0.1, -0.05) is 32.8 Å². The second kappa shape index (κ2) is 6.26. The zero-order valence-corrected chi connectivity index (χ0v) is 14.4. The fourth-order valence-corrected chi connectivity index (χ4v) is 3.70. The van der Waals surface area contributed by atoms with Crippen LogP contribution < -0.4 is 10.1 Å². The Balaban J connectivity index is 1.69. The van der Waals surface area contributed by atoms with E-state index in [1.54, 1.807) is 0 Å². The summed E-state index contributed by atoms with van der Waals surface area (Å²) >= 11 is 0. The number of hydrogen-bond donors (Lipinski definition) is 2. The third-order valence-electron chi connectivity index (χ3n) is 5.28. The van der Waals surface area contributed by atoms with Gasteiger partial charge in [-0.05, 0) is 49.3 Å². The topological polar surface area (TPSA) is 54.1 Å². The number of carbonyl (C=O) groups excluding carboxylic acids is 1. The number of aromatic amines is 1. The molecule has 1 aliphatic rings. The lowest BCUT2D eigenvalue weighted by Gasteiger charge is -2.34. The Bertz CT molecular complexity index is 719. The molecule has 4 heteroatoms. The van der Waals surface area contributed by atoms with E-state index < -0.39 is 0 Å². The molecule has 0 saturated heterocycles. The van der Waals surface area contributed by atoms with E-state index in [9.17, 15) is 4.79 Å². The third-order valence-corrected chi connectivity index (χ3v) is 5.28. The van der Waals surface area contributed by atoms with Gasteiger partial charge in [-0.2, -0.15) is 0 Å². The second-order valence-electron chi connectivity index (χ2n) is 7.08. The monoisotopic (exact) mass is 314 g/mol. The van der Waals surface area contributed by atoms with Crippen molar-refractivity contribution in [3.05, 3.63) is 29.3 Å². The van der Waals surface area contributed by atoms with Crippen molar-refractivity contribution in [3.63, 3.8) is 0 Å². The minimum atomic E-state index is -0.364. The molecule has 0 radical (unpaired) electrons. The molecule has 1 fully saturated rings. The lowest BCUT2D eigenvalue weighted by atomic mass is 9.78. The lowest BCUT2D eigenvalue weighted by molar-refractivity contribution is 0.167. The molecule has 1 saturated carbocycles. The van der Waals surface area contributed by atoms with Crippen LogP contribution in [-0.4, -0.2) is 17.1 Å². The van der Waals surface area contributed by atoms with Gasteiger partial charge in [0.05, 0.1) is 0 Å². The number of fused-ring (bicyclic) bond motifs is 1. The molecule has 3 atom stereocenters. The second-order valence-corrected chi connectivity index (χ2v) is 7.08. The summed E-state index contributed by atoms with van der Waals surface area (Å²) in [6.45, 7) is 8.60. The summed E-state index contributed by atoms with van der Waals surface area (Å²) in [4.78, 5) is 15.4. The fourth-order valence-electron chi connectivity index (χ4n) is 3.70. The average molecular weight is 314 g/mol. The first-order chi connectivity index (χ1) is 10.9. The van der Waals surface area contributed by atoms with Crippen molar-refractivity contribution < 1.29 is 9.53 Å². The van der Waals surface area contributed by atoms with Crippen LogP contribution in [0.3, 0.4) is 0 Å². The first kappa shape index (κ1) is 15.9. The number of rotatable bonds is 2. The number of ether oxygens (including phenoxy) is 1. The van der Waals surface area contributed by atoms with Crippen LogP contribution in [0.15, 0.2) is 18.2 Å². The molecule has 3 rings (SSSR count). The Morgan fingerprint density at radius 3 is 2.78 bits per heavy atom. The standard InChI is InChI=1S/C19H26N2O2/c1-11-8-13(3)15-10-18(20-17(15)9-11)23-19(22)21-16-7-5-6-12(2)14(16)4/h8-10,12,14,16,20H,5-7H2,1-4H3,(H,21,22)/t12-,14+,16-/m0/s1. The zero-order chi connectivity index (χ0) is 16.6. The molecule has 124 valence electrons. The molecule has 1 aromatic carbocycles. The van der Waals surface area contributed by atoms with Gasteiger partial charge in [0.25, 0.3) is 0 Å². The summed E-state index contributed by atoms with van der Waals surface area (Å²) in [5.74, 6) is 1.64. The first-order valence-electron chi connectivity index (χ1n) is 8.52. The number of hydrogen-bond acceptors (Lipinski definition) is 2. The normalized spacial score (nSPS) is 24.6. The predicted octanol–water partition coefficient (Wildman–Crippen LogP) is 4.70. The van der Waals surface area contributed by atoms with Gasteiger partial charge in [0, 0.05) is 23.0 Å². The first-order valence-corrected chi connectivity index (χ1v) is 8.52. The van der Waals surface area contributed by atoms with Crippen molar-refractivity contribution in [2.75, 3.05) is 0 Å². The highest BCUT2D eigenvalue weighted by Crippen LogP contribution is 2.30. The molecule has 0 spiro atoms. The van der Waals surface area contributed by atoms with Crippen molar-refractivity contribution in [3.8, 4) is 5.88 Å². The highest BCUT2D eigenvalue weighted by atomic mass is 16.6. The Hall–Kier alpha value is -1.97. The van der Waals surface area contributed by atoms with Crippen LogP contribution in [-0.2, 0) is 0 Å². The number of benzene rings is 1. The van der Waals surface area contributed by atoms with Crippen LogP contribution in [0.25, 0.3) is 10.9 Å². The molecule has 1 heterocycles.